The molecule has 0 spiro atoms. The van der Waals surface area contributed by atoms with Gasteiger partial charge in [0, 0.05) is 31.2 Å². The first-order valence-electron chi connectivity index (χ1n) is 10.2. The summed E-state index contributed by atoms with van der Waals surface area (Å²) in [4.78, 5) is 14.6. The van der Waals surface area contributed by atoms with Crippen molar-refractivity contribution in [3.8, 4) is 11.5 Å². The van der Waals surface area contributed by atoms with Gasteiger partial charge in [-0.25, -0.2) is 8.42 Å². The molecule has 1 aromatic heterocycles. The van der Waals surface area contributed by atoms with E-state index >= 15 is 0 Å². The van der Waals surface area contributed by atoms with Crippen LogP contribution in [0.2, 0.25) is 0 Å². The zero-order chi connectivity index (χ0) is 21.7. The van der Waals surface area contributed by atoms with Gasteiger partial charge >= 0.3 is 0 Å². The Balaban J connectivity index is 1.70. The number of piperidine rings is 1. The van der Waals surface area contributed by atoms with Crippen LogP contribution < -0.4 is 0 Å². The Morgan fingerprint density at radius 1 is 1.27 bits per heavy atom. The van der Waals surface area contributed by atoms with E-state index in [1.807, 2.05) is 4.90 Å². The minimum atomic E-state index is -3.58. The Morgan fingerprint density at radius 3 is 2.73 bits per heavy atom. The Kier molecular flexibility index (Phi) is 7.54. The van der Waals surface area contributed by atoms with E-state index in [0.717, 1.165) is 25.8 Å². The highest BCUT2D eigenvalue weighted by molar-refractivity contribution is 7.99. The number of thioether (sulfide) groups is 1. The average molecular weight is 453 g/mol. The molecule has 1 aromatic carbocycles. The normalized spacial score (nSPS) is 17.5. The molecule has 0 radical (unpaired) electrons. The SMILES string of the molecule is CCN(CC)S(=O)(=O)c1cccc(-c2nnc(SCC(=O)N3CCCCC3C)o2)c1. The summed E-state index contributed by atoms with van der Waals surface area (Å²) >= 11 is 1.20. The van der Waals surface area contributed by atoms with Crippen molar-refractivity contribution in [1.82, 2.24) is 19.4 Å². The average Bonchev–Trinajstić information content (AvgIpc) is 3.22. The number of likely N-dealkylation sites (tertiary alicyclic amines) is 1. The standard InChI is InChI=1S/C20H28N4O4S2/c1-4-23(5-2)30(26,27)17-11-8-10-16(13-17)19-21-22-20(28-19)29-14-18(25)24-12-7-6-9-15(24)3/h8,10-11,13,15H,4-7,9,12,14H2,1-3H3. The lowest BCUT2D eigenvalue weighted by molar-refractivity contribution is -0.131. The molecule has 3 rings (SSSR count). The van der Waals surface area contributed by atoms with Crippen molar-refractivity contribution >= 4 is 27.7 Å². The minimum absolute atomic E-state index is 0.0688. The molecule has 0 bridgehead atoms. The van der Waals surface area contributed by atoms with E-state index in [-0.39, 0.29) is 28.5 Å². The van der Waals surface area contributed by atoms with Crippen molar-refractivity contribution in [2.45, 2.75) is 56.2 Å². The van der Waals surface area contributed by atoms with Crippen LogP contribution in [0.1, 0.15) is 40.0 Å². The Bertz CT molecular complexity index is 973. The summed E-state index contributed by atoms with van der Waals surface area (Å²) in [5, 5.41) is 8.32. The molecule has 1 fully saturated rings. The van der Waals surface area contributed by atoms with E-state index in [1.165, 1.54) is 22.1 Å². The van der Waals surface area contributed by atoms with Crippen LogP contribution in [0.25, 0.3) is 11.5 Å². The van der Waals surface area contributed by atoms with Gasteiger partial charge in [-0.15, -0.1) is 10.2 Å². The lowest BCUT2D eigenvalue weighted by Crippen LogP contribution is -2.42. The molecule has 2 heterocycles. The zero-order valence-electron chi connectivity index (χ0n) is 17.6. The molecule has 0 saturated carbocycles. The number of sulfonamides is 1. The summed E-state index contributed by atoms with van der Waals surface area (Å²) in [5.74, 6) is 0.537. The van der Waals surface area contributed by atoms with Crippen LogP contribution in [0.3, 0.4) is 0 Å². The van der Waals surface area contributed by atoms with Gasteiger partial charge in [0.15, 0.2) is 0 Å². The Morgan fingerprint density at radius 2 is 2.03 bits per heavy atom. The van der Waals surface area contributed by atoms with Gasteiger partial charge in [0.2, 0.25) is 21.8 Å². The van der Waals surface area contributed by atoms with Crippen molar-refractivity contribution in [2.75, 3.05) is 25.4 Å². The molecule has 164 valence electrons. The van der Waals surface area contributed by atoms with Crippen LogP contribution >= 0.6 is 11.8 Å². The summed E-state index contributed by atoms with van der Waals surface area (Å²) in [6, 6.07) is 6.74. The van der Waals surface area contributed by atoms with Gasteiger partial charge in [-0.2, -0.15) is 4.31 Å². The van der Waals surface area contributed by atoms with Crippen LogP contribution in [0, 0.1) is 0 Å². The smallest absolute Gasteiger partial charge is 0.277 e. The van der Waals surface area contributed by atoms with Crippen molar-refractivity contribution < 1.29 is 17.6 Å². The number of hydrogen-bond acceptors (Lipinski definition) is 7. The summed E-state index contributed by atoms with van der Waals surface area (Å²) in [7, 11) is -3.58. The molecule has 2 aromatic rings. The molecule has 1 unspecified atom stereocenters. The quantitative estimate of drug-likeness (QED) is 0.567. The molecule has 1 aliphatic heterocycles. The van der Waals surface area contributed by atoms with E-state index in [1.54, 1.807) is 32.0 Å². The molecular weight excluding hydrogens is 424 g/mol. The zero-order valence-corrected chi connectivity index (χ0v) is 19.2. The molecule has 0 aliphatic carbocycles. The van der Waals surface area contributed by atoms with Crippen LogP contribution in [0.15, 0.2) is 38.8 Å². The molecular formula is C20H28N4O4S2. The van der Waals surface area contributed by atoms with E-state index in [4.69, 9.17) is 4.42 Å². The van der Waals surface area contributed by atoms with E-state index in [9.17, 15) is 13.2 Å². The third-order valence-corrected chi connectivity index (χ3v) is 8.12. The van der Waals surface area contributed by atoms with Gasteiger partial charge in [-0.3, -0.25) is 4.79 Å². The van der Waals surface area contributed by atoms with Gasteiger partial charge in [0.1, 0.15) is 0 Å². The van der Waals surface area contributed by atoms with Crippen molar-refractivity contribution in [1.29, 1.82) is 0 Å². The van der Waals surface area contributed by atoms with Gasteiger partial charge in [-0.05, 0) is 44.4 Å². The number of nitrogens with zero attached hydrogens (tertiary/aromatic N) is 4. The Labute approximate surface area is 182 Å². The monoisotopic (exact) mass is 452 g/mol. The maximum Gasteiger partial charge on any atom is 0.277 e. The molecule has 0 N–H and O–H groups in total. The number of carbonyl (C=O) groups is 1. The predicted molar refractivity (Wildman–Crippen MR) is 116 cm³/mol. The summed E-state index contributed by atoms with van der Waals surface area (Å²) < 4.78 is 32.6. The number of hydrogen-bond donors (Lipinski definition) is 0. The van der Waals surface area contributed by atoms with Crippen LogP contribution in [0.5, 0.6) is 0 Å². The molecule has 1 saturated heterocycles. The largest absolute Gasteiger partial charge is 0.411 e. The minimum Gasteiger partial charge on any atom is -0.411 e. The molecule has 8 nitrogen and oxygen atoms in total. The predicted octanol–water partition coefficient (Wildman–Crippen LogP) is 3.26. The first kappa shape index (κ1) is 22.8. The van der Waals surface area contributed by atoms with E-state index < -0.39 is 10.0 Å². The van der Waals surface area contributed by atoms with Crippen molar-refractivity contribution in [3.05, 3.63) is 24.3 Å². The number of rotatable bonds is 8. The van der Waals surface area contributed by atoms with Crippen molar-refractivity contribution in [3.63, 3.8) is 0 Å². The Hall–Kier alpha value is -1.91. The fraction of sp³-hybridized carbons (Fsp3) is 0.550. The maximum absolute atomic E-state index is 12.8. The summed E-state index contributed by atoms with van der Waals surface area (Å²) in [6.07, 6.45) is 3.24. The molecule has 1 amide bonds. The fourth-order valence-corrected chi connectivity index (χ4v) is 5.72. The lowest BCUT2D eigenvalue weighted by atomic mass is 10.0. The van der Waals surface area contributed by atoms with Crippen LogP contribution in [-0.2, 0) is 14.8 Å². The third-order valence-electron chi connectivity index (χ3n) is 5.27. The first-order valence-corrected chi connectivity index (χ1v) is 12.7. The van der Waals surface area contributed by atoms with Gasteiger partial charge in [-0.1, -0.05) is 31.7 Å². The highest BCUT2D eigenvalue weighted by Crippen LogP contribution is 2.27. The fourth-order valence-electron chi connectivity index (χ4n) is 3.56. The van der Waals surface area contributed by atoms with Gasteiger partial charge < -0.3 is 9.32 Å². The summed E-state index contributed by atoms with van der Waals surface area (Å²) in [6.45, 7) is 7.27. The first-order chi connectivity index (χ1) is 14.4. The second-order valence-electron chi connectivity index (χ2n) is 7.21. The van der Waals surface area contributed by atoms with E-state index in [0.29, 0.717) is 23.9 Å². The van der Waals surface area contributed by atoms with Gasteiger partial charge in [0.05, 0.1) is 10.6 Å². The summed E-state index contributed by atoms with van der Waals surface area (Å²) in [5.41, 5.74) is 0.526. The third kappa shape index (κ3) is 5.04. The second kappa shape index (κ2) is 9.93. The number of amides is 1. The highest BCUT2D eigenvalue weighted by Gasteiger charge is 2.25. The van der Waals surface area contributed by atoms with Crippen LogP contribution in [0.4, 0.5) is 0 Å². The van der Waals surface area contributed by atoms with Crippen molar-refractivity contribution in [2.24, 2.45) is 0 Å². The molecule has 10 heteroatoms. The van der Waals surface area contributed by atoms with Gasteiger partial charge in [0.25, 0.3) is 5.22 Å². The molecule has 30 heavy (non-hydrogen) atoms. The number of benzene rings is 1. The highest BCUT2D eigenvalue weighted by atomic mass is 32.2. The lowest BCUT2D eigenvalue weighted by Gasteiger charge is -2.33. The maximum atomic E-state index is 12.8. The van der Waals surface area contributed by atoms with E-state index in [2.05, 4.69) is 17.1 Å². The number of aromatic nitrogens is 2. The van der Waals surface area contributed by atoms with Crippen LogP contribution in [-0.4, -0.2) is 65.2 Å². The molecule has 1 aliphatic rings. The second-order valence-corrected chi connectivity index (χ2v) is 10.1. The topological polar surface area (TPSA) is 96.6 Å². The number of carbonyl (C=O) groups excluding carboxylic acids is 1. The molecule has 1 atom stereocenters.